The molecular formula is H3CoNO5. The second-order valence-corrected chi connectivity index (χ2v) is 0.224. The third-order valence-corrected chi connectivity index (χ3v) is 0. The summed E-state index contributed by atoms with van der Waals surface area (Å²) < 4.78 is 0. The summed E-state index contributed by atoms with van der Waals surface area (Å²) in [6.45, 7) is 0. The molecule has 0 aliphatic carbocycles. The van der Waals surface area contributed by atoms with Gasteiger partial charge < -0.3 is 26.3 Å². The van der Waals surface area contributed by atoms with Gasteiger partial charge in [-0.1, -0.05) is 0 Å². The summed E-state index contributed by atoms with van der Waals surface area (Å²) in [5.74, 6) is 0. The molecule has 47 valence electrons. The molecule has 0 saturated heterocycles. The predicted octanol–water partition coefficient (Wildman–Crippen LogP) is -1.24. The maximum absolute atomic E-state index is 8.25. The minimum Gasteiger partial charge on any atom is -0.870 e. The molecule has 0 aliphatic heterocycles. The van der Waals surface area contributed by atoms with Crippen molar-refractivity contribution in [2.45, 2.75) is 0 Å². The van der Waals surface area contributed by atoms with Gasteiger partial charge in [0.2, 0.25) is 0 Å². The van der Waals surface area contributed by atoms with E-state index >= 15 is 0 Å². The molecule has 0 aromatic carbocycles. The molecule has 0 bridgehead atoms. The summed E-state index contributed by atoms with van der Waals surface area (Å²) in [7, 11) is 0. The maximum Gasteiger partial charge on any atom is 2.00 e. The van der Waals surface area contributed by atoms with Gasteiger partial charge in [0, 0.05) is 0 Å². The standard InChI is InChI=1S/Co.NO3.2H2O/c;2-1(3)4;;/h;;2*1H2/q+2;-1;;/p-1. The third kappa shape index (κ3) is 530. The minimum atomic E-state index is -1.75. The van der Waals surface area contributed by atoms with E-state index in [-0.39, 0.29) is 27.7 Å². The topological polar surface area (TPSA) is 128 Å². The van der Waals surface area contributed by atoms with Gasteiger partial charge in [0.25, 0.3) is 0 Å². The van der Waals surface area contributed by atoms with Crippen molar-refractivity contribution in [3.63, 3.8) is 0 Å². The van der Waals surface area contributed by atoms with E-state index in [1.807, 2.05) is 0 Å². The zero-order valence-electron chi connectivity index (χ0n) is 2.95. The van der Waals surface area contributed by atoms with Crippen LogP contribution in [0.2, 0.25) is 0 Å². The van der Waals surface area contributed by atoms with E-state index in [2.05, 4.69) is 0 Å². The van der Waals surface area contributed by atoms with Gasteiger partial charge in [0.1, 0.15) is 0 Å². The molecule has 1 radical (unpaired) electrons. The van der Waals surface area contributed by atoms with Gasteiger partial charge in [-0.25, -0.2) is 0 Å². The summed E-state index contributed by atoms with van der Waals surface area (Å²) in [6.07, 6.45) is 0. The molecule has 0 spiro atoms. The maximum atomic E-state index is 8.25. The van der Waals surface area contributed by atoms with E-state index in [4.69, 9.17) is 15.3 Å². The Kier molecular flexibility index (Phi) is 75.8. The molecule has 0 unspecified atom stereocenters. The number of hydrogen-bond acceptors (Lipinski definition) is 4. The van der Waals surface area contributed by atoms with Crippen molar-refractivity contribution in [3.8, 4) is 0 Å². The largest absolute Gasteiger partial charge is 2.00 e. The average molecular weight is 156 g/mol. The van der Waals surface area contributed by atoms with Gasteiger partial charge >= 0.3 is 16.8 Å². The van der Waals surface area contributed by atoms with Crippen molar-refractivity contribution in [2.75, 3.05) is 0 Å². The Morgan fingerprint density at radius 1 is 1.29 bits per heavy atom. The molecule has 6 nitrogen and oxygen atoms in total. The third-order valence-electron chi connectivity index (χ3n) is 0. The van der Waals surface area contributed by atoms with Gasteiger partial charge in [-0.2, -0.15) is 0 Å². The first-order valence-electron chi connectivity index (χ1n) is 0.548. The fraction of sp³-hybridized carbons (Fsp3) is 0. The zero-order chi connectivity index (χ0) is 3.58. The Labute approximate surface area is 49.1 Å². The average Bonchev–Trinajstić information content (AvgIpc) is 0.811. The van der Waals surface area contributed by atoms with Crippen LogP contribution in [-0.2, 0) is 16.8 Å². The van der Waals surface area contributed by atoms with Crippen LogP contribution in [0.5, 0.6) is 0 Å². The van der Waals surface area contributed by atoms with Crippen LogP contribution in [0.4, 0.5) is 0 Å². The molecule has 0 aromatic heterocycles. The number of rotatable bonds is 0. The predicted molar refractivity (Wildman–Crippen MR) is 15.9 cm³/mol. The van der Waals surface area contributed by atoms with E-state index in [1.54, 1.807) is 0 Å². The number of nitrogens with zero attached hydrogens (tertiary/aromatic N) is 1. The molecule has 7 heavy (non-hydrogen) atoms. The van der Waals surface area contributed by atoms with E-state index < -0.39 is 5.09 Å². The molecule has 0 aromatic rings. The van der Waals surface area contributed by atoms with Crippen molar-refractivity contribution in [1.29, 1.82) is 0 Å². The second kappa shape index (κ2) is 17.5. The van der Waals surface area contributed by atoms with Crippen LogP contribution in [0.15, 0.2) is 0 Å². The monoisotopic (exact) mass is 156 g/mol. The zero-order valence-corrected chi connectivity index (χ0v) is 3.99. The molecule has 0 rings (SSSR count). The first-order valence-corrected chi connectivity index (χ1v) is 0.548. The van der Waals surface area contributed by atoms with Crippen LogP contribution in [0, 0.1) is 15.3 Å². The van der Waals surface area contributed by atoms with E-state index in [9.17, 15) is 0 Å². The van der Waals surface area contributed by atoms with Crippen molar-refractivity contribution in [3.05, 3.63) is 15.3 Å². The van der Waals surface area contributed by atoms with Crippen LogP contribution in [0.1, 0.15) is 0 Å². The van der Waals surface area contributed by atoms with Gasteiger partial charge in [0.15, 0.2) is 0 Å². The van der Waals surface area contributed by atoms with Gasteiger partial charge in [-0.3, -0.25) is 0 Å². The molecule has 3 N–H and O–H groups in total. The van der Waals surface area contributed by atoms with Gasteiger partial charge in [-0.05, 0) is 0 Å². The van der Waals surface area contributed by atoms with Gasteiger partial charge in [-0.15, -0.1) is 0 Å². The van der Waals surface area contributed by atoms with Crippen LogP contribution >= 0.6 is 0 Å². The molecule has 7 heteroatoms. The summed E-state index contributed by atoms with van der Waals surface area (Å²) in [6, 6.07) is 0. The summed E-state index contributed by atoms with van der Waals surface area (Å²) in [5, 5.41) is 14.8. The normalized spacial score (nSPS) is 3.43. The first kappa shape index (κ1) is 30.4. The molecule has 0 saturated carbocycles. The molecular weight excluding hydrogens is 153 g/mol. The fourth-order valence-corrected chi connectivity index (χ4v) is 0. The van der Waals surface area contributed by atoms with Crippen molar-refractivity contribution >= 4 is 0 Å². The van der Waals surface area contributed by atoms with Crippen LogP contribution < -0.4 is 0 Å². The van der Waals surface area contributed by atoms with E-state index in [0.717, 1.165) is 0 Å². The van der Waals surface area contributed by atoms with Crippen molar-refractivity contribution in [2.24, 2.45) is 0 Å². The van der Waals surface area contributed by atoms with Crippen molar-refractivity contribution < 1.29 is 32.8 Å². The van der Waals surface area contributed by atoms with Crippen LogP contribution in [0.25, 0.3) is 0 Å². The molecule has 0 atom stereocenters. The van der Waals surface area contributed by atoms with Crippen LogP contribution in [0.3, 0.4) is 0 Å². The fourth-order valence-electron chi connectivity index (χ4n) is 0. The second-order valence-electron chi connectivity index (χ2n) is 0.224. The van der Waals surface area contributed by atoms with Crippen LogP contribution in [-0.4, -0.2) is 16.0 Å². The first-order chi connectivity index (χ1) is 1.73. The SMILES string of the molecule is O.O=[N+]([O-])[O-].[Co+2].[OH-]. The number of hydrogen-bond donors (Lipinski definition) is 0. The Hall–Kier alpha value is -0.374. The van der Waals surface area contributed by atoms with E-state index in [1.165, 1.54) is 0 Å². The summed E-state index contributed by atoms with van der Waals surface area (Å²) in [4.78, 5) is 8.25. The smallest absolute Gasteiger partial charge is 0.870 e. The molecule has 0 fully saturated rings. The van der Waals surface area contributed by atoms with E-state index in [0.29, 0.717) is 0 Å². The van der Waals surface area contributed by atoms with Crippen molar-refractivity contribution in [1.82, 2.24) is 0 Å². The summed E-state index contributed by atoms with van der Waals surface area (Å²) >= 11 is 0. The Balaban J connectivity index is -0.0000000150. The molecule has 0 aliphatic rings. The minimum absolute atomic E-state index is 0. The molecule has 0 amide bonds. The quantitative estimate of drug-likeness (QED) is 0.320. The molecule has 0 heterocycles. The Bertz CT molecular complexity index is 31.1. The Morgan fingerprint density at radius 2 is 1.29 bits per heavy atom. The summed E-state index contributed by atoms with van der Waals surface area (Å²) in [5.41, 5.74) is 0. The Morgan fingerprint density at radius 3 is 1.29 bits per heavy atom. The van der Waals surface area contributed by atoms with Gasteiger partial charge in [0.05, 0.1) is 5.09 Å².